The number of thiophene rings is 1. The van der Waals surface area contributed by atoms with Crippen LogP contribution < -0.4 is 5.73 Å². The summed E-state index contributed by atoms with van der Waals surface area (Å²) in [6, 6.07) is 9.60. The zero-order valence-electron chi connectivity index (χ0n) is 9.36. The first-order valence-electron chi connectivity index (χ1n) is 5.40. The summed E-state index contributed by atoms with van der Waals surface area (Å²) in [5.74, 6) is 0. The molecule has 0 aliphatic heterocycles. The topological polar surface area (TPSA) is 35.2 Å². The molecule has 0 unspecified atom stereocenters. The molecule has 0 bridgehead atoms. The summed E-state index contributed by atoms with van der Waals surface area (Å²) in [5.41, 5.74) is 7.50. The van der Waals surface area contributed by atoms with Crippen molar-refractivity contribution in [3.05, 3.63) is 51.2 Å². The van der Waals surface area contributed by atoms with E-state index in [4.69, 9.17) is 22.1 Å². The van der Waals surface area contributed by atoms with Crippen LogP contribution in [0, 0.1) is 0 Å². The summed E-state index contributed by atoms with van der Waals surface area (Å²) in [6.07, 6.45) is 0.943. The van der Waals surface area contributed by atoms with Crippen LogP contribution in [-0.4, -0.2) is 6.61 Å². The fourth-order valence-corrected chi connectivity index (χ4v) is 2.39. The molecule has 2 rings (SSSR count). The van der Waals surface area contributed by atoms with Crippen molar-refractivity contribution < 1.29 is 4.74 Å². The summed E-state index contributed by atoms with van der Waals surface area (Å²) >= 11 is 7.65. The van der Waals surface area contributed by atoms with Crippen molar-refractivity contribution in [1.82, 2.24) is 0 Å². The Morgan fingerprint density at radius 3 is 2.94 bits per heavy atom. The first-order valence-corrected chi connectivity index (χ1v) is 6.65. The molecule has 0 saturated carbocycles. The number of ether oxygens (including phenoxy) is 1. The molecular formula is C13H14ClNOS. The molecule has 90 valence electrons. The van der Waals surface area contributed by atoms with Crippen molar-refractivity contribution in [3.63, 3.8) is 0 Å². The van der Waals surface area contributed by atoms with Gasteiger partial charge in [0.15, 0.2) is 0 Å². The van der Waals surface area contributed by atoms with E-state index in [9.17, 15) is 0 Å². The Labute approximate surface area is 110 Å². The number of anilines is 1. The molecular weight excluding hydrogens is 254 g/mol. The van der Waals surface area contributed by atoms with Crippen LogP contribution in [0.25, 0.3) is 0 Å². The van der Waals surface area contributed by atoms with Gasteiger partial charge in [0.05, 0.1) is 13.2 Å². The summed E-state index contributed by atoms with van der Waals surface area (Å²) in [6.45, 7) is 1.21. The number of rotatable bonds is 5. The second-order valence-electron chi connectivity index (χ2n) is 3.73. The minimum absolute atomic E-state index is 0.512. The van der Waals surface area contributed by atoms with Gasteiger partial charge >= 0.3 is 0 Å². The molecule has 0 aliphatic rings. The highest BCUT2D eigenvalue weighted by atomic mass is 35.5. The van der Waals surface area contributed by atoms with E-state index < -0.39 is 0 Å². The highest BCUT2D eigenvalue weighted by Gasteiger charge is 2.01. The first-order chi connectivity index (χ1) is 8.25. The van der Waals surface area contributed by atoms with Gasteiger partial charge < -0.3 is 10.5 Å². The van der Waals surface area contributed by atoms with Crippen molar-refractivity contribution in [3.8, 4) is 0 Å². The minimum atomic E-state index is 0.512. The number of halogens is 1. The van der Waals surface area contributed by atoms with E-state index >= 15 is 0 Å². The lowest BCUT2D eigenvalue weighted by Crippen LogP contribution is -2.01. The minimum Gasteiger partial charge on any atom is -0.398 e. The Balaban J connectivity index is 1.80. The number of hydrogen-bond acceptors (Lipinski definition) is 3. The summed E-state index contributed by atoms with van der Waals surface area (Å²) in [5, 5.41) is 2.76. The average Bonchev–Trinajstić information content (AvgIpc) is 2.82. The van der Waals surface area contributed by atoms with Crippen molar-refractivity contribution in [2.24, 2.45) is 0 Å². The maximum atomic E-state index is 5.90. The third-order valence-electron chi connectivity index (χ3n) is 2.44. The van der Waals surface area contributed by atoms with Crippen molar-refractivity contribution >= 4 is 28.6 Å². The number of nitrogens with two attached hydrogens (primary N) is 1. The molecule has 0 fully saturated rings. The second kappa shape index (κ2) is 6.05. The van der Waals surface area contributed by atoms with Crippen LogP contribution >= 0.6 is 22.9 Å². The molecule has 2 nitrogen and oxygen atoms in total. The van der Waals surface area contributed by atoms with Gasteiger partial charge in [-0.15, -0.1) is 11.3 Å². The Bertz CT molecular complexity index is 470. The van der Waals surface area contributed by atoms with Crippen LogP contribution in [0.3, 0.4) is 0 Å². The predicted octanol–water partition coefficient (Wildman–Crippen LogP) is 3.74. The lowest BCUT2D eigenvalue weighted by atomic mass is 10.2. The SMILES string of the molecule is Nc1ccc(Cl)cc1COCCc1cccs1. The fraction of sp³-hybridized carbons (Fsp3) is 0.231. The summed E-state index contributed by atoms with van der Waals surface area (Å²) < 4.78 is 5.60. The Hall–Kier alpha value is -1.03. The van der Waals surface area contributed by atoms with Crippen LogP contribution in [0.1, 0.15) is 10.4 Å². The van der Waals surface area contributed by atoms with E-state index in [0.29, 0.717) is 18.2 Å². The molecule has 0 amide bonds. The third kappa shape index (κ3) is 3.73. The normalized spacial score (nSPS) is 10.6. The van der Waals surface area contributed by atoms with Gasteiger partial charge in [-0.1, -0.05) is 17.7 Å². The molecule has 1 aromatic carbocycles. The van der Waals surface area contributed by atoms with E-state index in [1.807, 2.05) is 6.07 Å². The van der Waals surface area contributed by atoms with Crippen LogP contribution in [0.5, 0.6) is 0 Å². The van der Waals surface area contributed by atoms with Crippen LogP contribution in [0.4, 0.5) is 5.69 Å². The van der Waals surface area contributed by atoms with E-state index in [1.165, 1.54) is 4.88 Å². The third-order valence-corrected chi connectivity index (χ3v) is 3.61. The second-order valence-corrected chi connectivity index (χ2v) is 5.19. The molecule has 0 aliphatic carbocycles. The van der Waals surface area contributed by atoms with E-state index in [2.05, 4.69) is 17.5 Å². The molecule has 2 N–H and O–H groups in total. The van der Waals surface area contributed by atoms with Gasteiger partial charge in [0, 0.05) is 27.6 Å². The first kappa shape index (κ1) is 12.4. The van der Waals surface area contributed by atoms with Crippen molar-refractivity contribution in [2.45, 2.75) is 13.0 Å². The van der Waals surface area contributed by atoms with Gasteiger partial charge in [0.1, 0.15) is 0 Å². The van der Waals surface area contributed by atoms with E-state index in [0.717, 1.165) is 17.7 Å². The zero-order chi connectivity index (χ0) is 12.1. The standard InChI is InChI=1S/C13H14ClNOS/c14-11-3-4-13(15)10(8-11)9-16-6-5-12-2-1-7-17-12/h1-4,7-8H,5-6,9,15H2. The molecule has 17 heavy (non-hydrogen) atoms. The molecule has 1 heterocycles. The van der Waals surface area contributed by atoms with E-state index in [-0.39, 0.29) is 0 Å². The predicted molar refractivity (Wildman–Crippen MR) is 73.5 cm³/mol. The van der Waals surface area contributed by atoms with Crippen LogP contribution in [-0.2, 0) is 17.8 Å². The lowest BCUT2D eigenvalue weighted by molar-refractivity contribution is 0.124. The van der Waals surface area contributed by atoms with Gasteiger partial charge in [0.25, 0.3) is 0 Å². The number of benzene rings is 1. The molecule has 0 radical (unpaired) electrons. The van der Waals surface area contributed by atoms with Crippen molar-refractivity contribution in [2.75, 3.05) is 12.3 Å². The smallest absolute Gasteiger partial charge is 0.0737 e. The Kier molecular flexibility index (Phi) is 4.42. The van der Waals surface area contributed by atoms with Gasteiger partial charge in [-0.25, -0.2) is 0 Å². The largest absolute Gasteiger partial charge is 0.398 e. The van der Waals surface area contributed by atoms with Crippen molar-refractivity contribution in [1.29, 1.82) is 0 Å². The highest BCUT2D eigenvalue weighted by molar-refractivity contribution is 7.09. The lowest BCUT2D eigenvalue weighted by Gasteiger charge is -2.07. The Morgan fingerprint density at radius 1 is 1.29 bits per heavy atom. The quantitative estimate of drug-likeness (QED) is 0.662. The molecule has 2 aromatic rings. The molecule has 4 heteroatoms. The van der Waals surface area contributed by atoms with E-state index in [1.54, 1.807) is 23.5 Å². The number of nitrogen functional groups attached to an aromatic ring is 1. The number of hydrogen-bond donors (Lipinski definition) is 1. The molecule has 1 aromatic heterocycles. The monoisotopic (exact) mass is 267 g/mol. The fourth-order valence-electron chi connectivity index (χ4n) is 1.51. The van der Waals surface area contributed by atoms with Gasteiger partial charge in [-0.3, -0.25) is 0 Å². The van der Waals surface area contributed by atoms with Crippen LogP contribution in [0.15, 0.2) is 35.7 Å². The van der Waals surface area contributed by atoms with Crippen LogP contribution in [0.2, 0.25) is 5.02 Å². The summed E-state index contributed by atoms with van der Waals surface area (Å²) in [7, 11) is 0. The average molecular weight is 268 g/mol. The van der Waals surface area contributed by atoms with Gasteiger partial charge in [0.2, 0.25) is 0 Å². The molecule has 0 spiro atoms. The zero-order valence-corrected chi connectivity index (χ0v) is 10.9. The highest BCUT2D eigenvalue weighted by Crippen LogP contribution is 2.18. The van der Waals surface area contributed by atoms with Gasteiger partial charge in [-0.2, -0.15) is 0 Å². The molecule has 0 atom stereocenters. The van der Waals surface area contributed by atoms with Gasteiger partial charge in [-0.05, 0) is 29.6 Å². The summed E-state index contributed by atoms with van der Waals surface area (Å²) in [4.78, 5) is 1.34. The maximum Gasteiger partial charge on any atom is 0.0737 e. The molecule has 0 saturated heterocycles. The maximum absolute atomic E-state index is 5.90. The Morgan fingerprint density at radius 2 is 2.18 bits per heavy atom.